The number of nitrogens with zero attached hydrogens (tertiary/aromatic N) is 2. The van der Waals surface area contributed by atoms with Crippen LogP contribution in [0.4, 0.5) is 13.2 Å². The number of hydrogen-bond donors (Lipinski definition) is 0. The van der Waals surface area contributed by atoms with Gasteiger partial charge in [0.15, 0.2) is 23.3 Å². The van der Waals surface area contributed by atoms with Gasteiger partial charge in [0.25, 0.3) is 0 Å². The molecule has 1 heterocycles. The van der Waals surface area contributed by atoms with Crippen molar-refractivity contribution >= 4 is 5.91 Å². The van der Waals surface area contributed by atoms with Crippen molar-refractivity contribution < 1.29 is 22.4 Å². The summed E-state index contributed by atoms with van der Waals surface area (Å²) in [6, 6.07) is 9.33. The highest BCUT2D eigenvalue weighted by Crippen LogP contribution is 2.25. The number of aryl methyl sites for hydroxylation is 1. The highest BCUT2D eigenvalue weighted by atomic mass is 19.2. The first-order valence-corrected chi connectivity index (χ1v) is 8.77. The monoisotopic (exact) mass is 388 g/mol. The van der Waals surface area contributed by atoms with Crippen molar-refractivity contribution in [2.45, 2.75) is 25.8 Å². The molecule has 3 aromatic rings. The fraction of sp³-hybridized carbons (Fsp3) is 0.238. The van der Waals surface area contributed by atoms with Gasteiger partial charge in [-0.3, -0.25) is 4.79 Å². The van der Waals surface area contributed by atoms with Crippen LogP contribution in [0.2, 0.25) is 0 Å². The predicted octanol–water partition coefficient (Wildman–Crippen LogP) is 4.91. The minimum Gasteiger partial charge on any atom is -0.441 e. The number of oxazole rings is 1. The third-order valence-corrected chi connectivity index (χ3v) is 4.65. The molecule has 3 rings (SSSR count). The second kappa shape index (κ2) is 8.29. The Hall–Kier alpha value is -3.09. The lowest BCUT2D eigenvalue weighted by Crippen LogP contribution is -2.30. The molecule has 0 bridgehead atoms. The maximum absolute atomic E-state index is 13.8. The molecule has 1 amide bonds. The molecule has 0 aliphatic heterocycles. The first-order valence-electron chi connectivity index (χ1n) is 8.77. The molecule has 146 valence electrons. The van der Waals surface area contributed by atoms with E-state index in [-0.39, 0.29) is 18.7 Å². The molecule has 28 heavy (non-hydrogen) atoms. The highest BCUT2D eigenvalue weighted by Gasteiger charge is 2.19. The summed E-state index contributed by atoms with van der Waals surface area (Å²) in [6.07, 6.45) is 1.77. The van der Waals surface area contributed by atoms with E-state index in [9.17, 15) is 18.0 Å². The Morgan fingerprint density at radius 2 is 1.86 bits per heavy atom. The molecular weight excluding hydrogens is 369 g/mol. The van der Waals surface area contributed by atoms with Crippen LogP contribution in [0.25, 0.3) is 11.3 Å². The number of rotatable bonds is 6. The van der Waals surface area contributed by atoms with Gasteiger partial charge < -0.3 is 9.32 Å². The first-order chi connectivity index (χ1) is 13.4. The normalized spacial score (nSPS) is 12.0. The Morgan fingerprint density at radius 1 is 1.11 bits per heavy atom. The van der Waals surface area contributed by atoms with E-state index in [4.69, 9.17) is 4.42 Å². The lowest BCUT2D eigenvalue weighted by atomic mass is 10.1. The number of amides is 1. The highest BCUT2D eigenvalue weighted by molar-refractivity contribution is 5.76. The maximum atomic E-state index is 13.8. The minimum atomic E-state index is -0.953. The molecule has 0 spiro atoms. The molecule has 0 N–H and O–H groups in total. The van der Waals surface area contributed by atoms with E-state index in [1.54, 1.807) is 32.2 Å². The molecule has 1 unspecified atom stereocenters. The number of carbonyl (C=O) groups is 1. The smallest absolute Gasteiger partial charge is 0.223 e. The van der Waals surface area contributed by atoms with E-state index in [0.717, 1.165) is 12.1 Å². The number of hydrogen-bond acceptors (Lipinski definition) is 3. The van der Waals surface area contributed by atoms with E-state index < -0.39 is 23.5 Å². The number of carbonyl (C=O) groups excluding carboxylic acids is 1. The average molecular weight is 388 g/mol. The summed E-state index contributed by atoms with van der Waals surface area (Å²) < 4.78 is 45.9. The van der Waals surface area contributed by atoms with Gasteiger partial charge in [-0.25, -0.2) is 18.2 Å². The average Bonchev–Trinajstić information content (AvgIpc) is 3.16. The summed E-state index contributed by atoms with van der Waals surface area (Å²) in [6.45, 7) is 1.73. The lowest BCUT2D eigenvalue weighted by Gasteiger charge is -2.25. The van der Waals surface area contributed by atoms with Crippen molar-refractivity contribution in [2.24, 2.45) is 0 Å². The van der Waals surface area contributed by atoms with Gasteiger partial charge in [-0.1, -0.05) is 18.2 Å². The molecule has 0 saturated carbocycles. The van der Waals surface area contributed by atoms with Crippen LogP contribution in [0.5, 0.6) is 0 Å². The van der Waals surface area contributed by atoms with Gasteiger partial charge in [-0.2, -0.15) is 0 Å². The second-order valence-electron chi connectivity index (χ2n) is 6.45. The van der Waals surface area contributed by atoms with Crippen molar-refractivity contribution in [2.75, 3.05) is 7.05 Å². The largest absolute Gasteiger partial charge is 0.441 e. The van der Waals surface area contributed by atoms with E-state index in [0.29, 0.717) is 22.8 Å². The molecule has 1 aromatic heterocycles. The van der Waals surface area contributed by atoms with E-state index in [1.165, 1.54) is 23.2 Å². The Bertz CT molecular complexity index is 987. The first kappa shape index (κ1) is 19.7. The van der Waals surface area contributed by atoms with Crippen LogP contribution in [0.15, 0.2) is 53.1 Å². The minimum absolute atomic E-state index is 0.113. The zero-order chi connectivity index (χ0) is 20.3. The summed E-state index contributed by atoms with van der Waals surface area (Å²) in [5.74, 6) is -1.89. The van der Waals surface area contributed by atoms with Gasteiger partial charge in [-0.15, -0.1) is 0 Å². The van der Waals surface area contributed by atoms with E-state index >= 15 is 0 Å². The summed E-state index contributed by atoms with van der Waals surface area (Å²) in [7, 11) is 1.59. The summed E-state index contributed by atoms with van der Waals surface area (Å²) in [5.41, 5.74) is 0.796. The molecule has 2 aromatic carbocycles. The van der Waals surface area contributed by atoms with Crippen molar-refractivity contribution in [1.29, 1.82) is 0 Å². The van der Waals surface area contributed by atoms with Crippen LogP contribution in [0.1, 0.15) is 30.8 Å². The number of halogens is 3. The maximum Gasteiger partial charge on any atom is 0.223 e. The van der Waals surface area contributed by atoms with Crippen molar-refractivity contribution in [3.05, 3.63) is 77.6 Å². The molecule has 4 nitrogen and oxygen atoms in total. The SMILES string of the molecule is CC(c1ccc(F)c(F)c1)N(C)C(=O)CCc1ncc(-c2ccccc2F)o1. The van der Waals surface area contributed by atoms with Gasteiger partial charge in [0.05, 0.1) is 17.8 Å². The van der Waals surface area contributed by atoms with Gasteiger partial charge in [0.2, 0.25) is 5.91 Å². The van der Waals surface area contributed by atoms with E-state index in [1.807, 2.05) is 0 Å². The zero-order valence-corrected chi connectivity index (χ0v) is 15.5. The summed E-state index contributed by atoms with van der Waals surface area (Å²) in [4.78, 5) is 18.0. The summed E-state index contributed by atoms with van der Waals surface area (Å²) in [5, 5.41) is 0. The Labute approximate surface area is 160 Å². The molecule has 0 saturated heterocycles. The van der Waals surface area contributed by atoms with Crippen LogP contribution < -0.4 is 0 Å². The molecule has 7 heteroatoms. The molecule has 0 aliphatic carbocycles. The fourth-order valence-corrected chi connectivity index (χ4v) is 2.81. The topological polar surface area (TPSA) is 46.3 Å². The van der Waals surface area contributed by atoms with Gasteiger partial charge in [0.1, 0.15) is 5.82 Å². The summed E-state index contributed by atoms with van der Waals surface area (Å²) >= 11 is 0. The van der Waals surface area contributed by atoms with Crippen LogP contribution in [-0.2, 0) is 11.2 Å². The quantitative estimate of drug-likeness (QED) is 0.603. The van der Waals surface area contributed by atoms with Gasteiger partial charge in [-0.05, 0) is 36.8 Å². The van der Waals surface area contributed by atoms with Gasteiger partial charge >= 0.3 is 0 Å². The number of benzene rings is 2. The fourth-order valence-electron chi connectivity index (χ4n) is 2.81. The molecule has 0 fully saturated rings. The Morgan fingerprint density at radius 3 is 2.57 bits per heavy atom. The Balaban J connectivity index is 1.62. The van der Waals surface area contributed by atoms with Crippen molar-refractivity contribution in [3.8, 4) is 11.3 Å². The number of aromatic nitrogens is 1. The van der Waals surface area contributed by atoms with Crippen LogP contribution in [-0.4, -0.2) is 22.8 Å². The Kier molecular flexibility index (Phi) is 5.82. The third kappa shape index (κ3) is 4.24. The van der Waals surface area contributed by atoms with Crippen molar-refractivity contribution in [1.82, 2.24) is 9.88 Å². The van der Waals surface area contributed by atoms with E-state index in [2.05, 4.69) is 4.98 Å². The van der Waals surface area contributed by atoms with Crippen LogP contribution >= 0.6 is 0 Å². The zero-order valence-electron chi connectivity index (χ0n) is 15.5. The molecule has 1 atom stereocenters. The molecule has 0 aliphatic rings. The third-order valence-electron chi connectivity index (χ3n) is 4.65. The molecule has 0 radical (unpaired) electrons. The van der Waals surface area contributed by atoms with Crippen molar-refractivity contribution in [3.63, 3.8) is 0 Å². The lowest BCUT2D eigenvalue weighted by molar-refractivity contribution is -0.131. The predicted molar refractivity (Wildman–Crippen MR) is 97.8 cm³/mol. The second-order valence-corrected chi connectivity index (χ2v) is 6.45. The molecular formula is C21H19F3N2O2. The van der Waals surface area contributed by atoms with Crippen LogP contribution in [0, 0.1) is 17.5 Å². The standard InChI is InChI=1S/C21H19F3N2O2/c1-13(14-7-8-17(23)18(24)11-14)26(2)21(27)10-9-20-25-12-19(28-20)15-5-3-4-6-16(15)22/h3-8,11-13H,9-10H2,1-2H3. The van der Waals surface area contributed by atoms with Crippen LogP contribution in [0.3, 0.4) is 0 Å². The van der Waals surface area contributed by atoms with Gasteiger partial charge in [0, 0.05) is 19.9 Å².